The van der Waals surface area contributed by atoms with E-state index in [-0.39, 0.29) is 18.0 Å². The van der Waals surface area contributed by atoms with Crippen molar-refractivity contribution in [3.63, 3.8) is 0 Å². The van der Waals surface area contributed by atoms with Crippen LogP contribution < -0.4 is 10.1 Å². The number of carbonyl (C=O) groups excluding carboxylic acids is 1. The summed E-state index contributed by atoms with van der Waals surface area (Å²) in [6, 6.07) is 4.88. The molecule has 118 valence electrons. The van der Waals surface area contributed by atoms with Gasteiger partial charge in [0.15, 0.2) is 6.61 Å². The van der Waals surface area contributed by atoms with Crippen LogP contribution in [0.5, 0.6) is 5.75 Å². The maximum atomic E-state index is 13.7. The molecule has 1 amide bonds. The molecular formula is C14H18ClF2NO3. The number of alkyl halides is 2. The summed E-state index contributed by atoms with van der Waals surface area (Å²) in [5, 5.41) is 2.14. The molecule has 0 radical (unpaired) electrons. The maximum absolute atomic E-state index is 13.7. The molecule has 1 aromatic rings. The van der Waals surface area contributed by atoms with Gasteiger partial charge in [-0.2, -0.15) is 0 Å². The predicted molar refractivity (Wildman–Crippen MR) is 76.2 cm³/mol. The average molecular weight is 322 g/mol. The van der Waals surface area contributed by atoms with Crippen molar-refractivity contribution in [1.29, 1.82) is 0 Å². The highest BCUT2D eigenvalue weighted by Crippen LogP contribution is 2.35. The second kappa shape index (κ2) is 6.05. The van der Waals surface area contributed by atoms with Crippen LogP contribution in [-0.4, -0.2) is 24.2 Å². The van der Waals surface area contributed by atoms with Crippen molar-refractivity contribution in [2.45, 2.75) is 38.3 Å². The van der Waals surface area contributed by atoms with Gasteiger partial charge in [-0.15, -0.1) is 12.4 Å². The van der Waals surface area contributed by atoms with Gasteiger partial charge in [0.25, 0.3) is 0 Å². The van der Waals surface area contributed by atoms with Crippen molar-refractivity contribution in [3.05, 3.63) is 29.8 Å². The largest absolute Gasteiger partial charge is 0.488 e. The van der Waals surface area contributed by atoms with Crippen LogP contribution in [0.2, 0.25) is 0 Å². The molecule has 0 unspecified atom stereocenters. The SMILES string of the molecule is CC(C)(C)Oc1ccc([C@@H]2NC(=O)OCC2(F)F)cc1.Cl. The Labute approximate surface area is 128 Å². The van der Waals surface area contributed by atoms with Crippen LogP contribution in [0.3, 0.4) is 0 Å². The van der Waals surface area contributed by atoms with Crippen LogP contribution in [0.25, 0.3) is 0 Å². The van der Waals surface area contributed by atoms with E-state index in [1.807, 2.05) is 20.8 Å². The number of alkyl carbamates (subject to hydrolysis) is 1. The Balaban J connectivity index is 0.00000220. The first-order chi connectivity index (χ1) is 9.17. The van der Waals surface area contributed by atoms with E-state index in [1.165, 1.54) is 12.1 Å². The molecule has 0 bridgehead atoms. The first kappa shape index (κ1) is 17.5. The van der Waals surface area contributed by atoms with Gasteiger partial charge in [0.05, 0.1) is 0 Å². The molecule has 1 aliphatic heterocycles. The Kier molecular flexibility index (Phi) is 5.04. The Morgan fingerprint density at radius 3 is 2.38 bits per heavy atom. The minimum atomic E-state index is -3.14. The molecule has 1 N–H and O–H groups in total. The minimum Gasteiger partial charge on any atom is -0.488 e. The lowest BCUT2D eigenvalue weighted by molar-refractivity contribution is -0.104. The van der Waals surface area contributed by atoms with E-state index in [9.17, 15) is 13.6 Å². The highest BCUT2D eigenvalue weighted by Gasteiger charge is 2.46. The lowest BCUT2D eigenvalue weighted by Gasteiger charge is -2.32. The fraction of sp³-hybridized carbons (Fsp3) is 0.500. The number of hydrogen-bond acceptors (Lipinski definition) is 3. The van der Waals surface area contributed by atoms with E-state index in [1.54, 1.807) is 12.1 Å². The molecule has 1 saturated heterocycles. The normalized spacial score (nSPS) is 20.8. The molecule has 2 rings (SSSR count). The Morgan fingerprint density at radius 1 is 1.29 bits per heavy atom. The zero-order valence-electron chi connectivity index (χ0n) is 12.0. The molecule has 0 aromatic heterocycles. The van der Waals surface area contributed by atoms with Gasteiger partial charge in [-0.1, -0.05) is 12.1 Å². The number of rotatable bonds is 2. The van der Waals surface area contributed by atoms with Crippen LogP contribution in [-0.2, 0) is 4.74 Å². The topological polar surface area (TPSA) is 47.6 Å². The minimum absolute atomic E-state index is 0. The van der Waals surface area contributed by atoms with Crippen molar-refractivity contribution >= 4 is 18.5 Å². The van der Waals surface area contributed by atoms with E-state index in [0.29, 0.717) is 11.3 Å². The molecule has 1 fully saturated rings. The molecule has 0 aliphatic carbocycles. The third-order valence-corrected chi connectivity index (χ3v) is 2.72. The molecule has 1 heterocycles. The molecule has 0 saturated carbocycles. The van der Waals surface area contributed by atoms with Gasteiger partial charge < -0.3 is 14.8 Å². The van der Waals surface area contributed by atoms with Gasteiger partial charge in [0, 0.05) is 0 Å². The molecule has 0 spiro atoms. The standard InChI is InChI=1S/C14H17F2NO3.ClH/c1-13(2,3)20-10-6-4-9(5-7-10)11-14(15,16)8-19-12(18)17-11;/h4-7,11H,8H2,1-3H3,(H,17,18);1H/t11-;/m0./s1. The van der Waals surface area contributed by atoms with Crippen LogP contribution >= 0.6 is 12.4 Å². The number of hydrogen-bond donors (Lipinski definition) is 1. The summed E-state index contributed by atoms with van der Waals surface area (Å²) in [6.07, 6.45) is -0.837. The Hall–Kier alpha value is -1.56. The summed E-state index contributed by atoms with van der Waals surface area (Å²) >= 11 is 0. The number of ether oxygens (including phenoxy) is 2. The van der Waals surface area contributed by atoms with E-state index in [2.05, 4.69) is 10.1 Å². The summed E-state index contributed by atoms with van der Waals surface area (Å²) in [4.78, 5) is 11.1. The van der Waals surface area contributed by atoms with Crippen molar-refractivity contribution in [2.75, 3.05) is 6.61 Å². The lowest BCUT2D eigenvalue weighted by Crippen LogP contribution is -2.49. The number of amides is 1. The fourth-order valence-corrected chi connectivity index (χ4v) is 1.92. The molecule has 1 aromatic carbocycles. The first-order valence-electron chi connectivity index (χ1n) is 6.27. The van der Waals surface area contributed by atoms with Gasteiger partial charge in [-0.05, 0) is 38.5 Å². The number of halogens is 3. The second-order valence-electron chi connectivity index (χ2n) is 5.70. The fourth-order valence-electron chi connectivity index (χ4n) is 1.92. The van der Waals surface area contributed by atoms with E-state index in [4.69, 9.17) is 4.74 Å². The third-order valence-electron chi connectivity index (χ3n) is 2.72. The van der Waals surface area contributed by atoms with E-state index >= 15 is 0 Å². The molecule has 7 heteroatoms. The van der Waals surface area contributed by atoms with Crippen molar-refractivity contribution < 1.29 is 23.0 Å². The van der Waals surface area contributed by atoms with Crippen LogP contribution in [0.15, 0.2) is 24.3 Å². The quantitative estimate of drug-likeness (QED) is 0.903. The van der Waals surface area contributed by atoms with Crippen molar-refractivity contribution in [3.8, 4) is 5.75 Å². The zero-order valence-corrected chi connectivity index (χ0v) is 12.8. The van der Waals surface area contributed by atoms with Gasteiger partial charge in [-0.3, -0.25) is 0 Å². The van der Waals surface area contributed by atoms with Crippen molar-refractivity contribution in [2.24, 2.45) is 0 Å². The molecule has 4 nitrogen and oxygen atoms in total. The van der Waals surface area contributed by atoms with E-state index < -0.39 is 24.7 Å². The molecular weight excluding hydrogens is 304 g/mol. The van der Waals surface area contributed by atoms with Gasteiger partial charge >= 0.3 is 12.0 Å². The highest BCUT2D eigenvalue weighted by molar-refractivity contribution is 5.85. The summed E-state index contributed by atoms with van der Waals surface area (Å²) in [7, 11) is 0. The summed E-state index contributed by atoms with van der Waals surface area (Å²) in [5.74, 6) is -2.55. The average Bonchev–Trinajstić information content (AvgIpc) is 2.32. The first-order valence-corrected chi connectivity index (χ1v) is 6.27. The summed E-state index contributed by atoms with van der Waals surface area (Å²) in [6.45, 7) is 4.78. The Bertz CT molecular complexity index is 500. The van der Waals surface area contributed by atoms with Crippen LogP contribution in [0.4, 0.5) is 13.6 Å². The number of nitrogens with one attached hydrogen (secondary N) is 1. The van der Waals surface area contributed by atoms with Gasteiger partial charge in [0.2, 0.25) is 0 Å². The van der Waals surface area contributed by atoms with E-state index in [0.717, 1.165) is 0 Å². The predicted octanol–water partition coefficient (Wildman–Crippen LogP) is 3.70. The third kappa shape index (κ3) is 4.46. The van der Waals surface area contributed by atoms with Crippen molar-refractivity contribution in [1.82, 2.24) is 5.32 Å². The monoisotopic (exact) mass is 321 g/mol. The number of carbonyl (C=O) groups is 1. The van der Waals surface area contributed by atoms with Crippen LogP contribution in [0.1, 0.15) is 32.4 Å². The smallest absolute Gasteiger partial charge is 0.408 e. The number of cyclic esters (lactones) is 1. The molecule has 1 atom stereocenters. The Morgan fingerprint density at radius 2 is 1.86 bits per heavy atom. The molecule has 21 heavy (non-hydrogen) atoms. The second-order valence-corrected chi connectivity index (χ2v) is 5.70. The van der Waals surface area contributed by atoms with Gasteiger partial charge in [-0.25, -0.2) is 13.6 Å². The molecule has 1 aliphatic rings. The van der Waals surface area contributed by atoms with Crippen LogP contribution in [0, 0.1) is 0 Å². The zero-order chi connectivity index (χ0) is 15.0. The lowest BCUT2D eigenvalue weighted by atomic mass is 10.00. The highest BCUT2D eigenvalue weighted by atomic mass is 35.5. The maximum Gasteiger partial charge on any atom is 0.408 e. The number of benzene rings is 1. The summed E-state index contributed by atoms with van der Waals surface area (Å²) < 4.78 is 37.4. The summed E-state index contributed by atoms with van der Waals surface area (Å²) in [5.41, 5.74) is -0.0499. The van der Waals surface area contributed by atoms with Gasteiger partial charge in [0.1, 0.15) is 17.4 Å².